The average molecular weight is 430 g/mol. The van der Waals surface area contributed by atoms with Gasteiger partial charge in [0.1, 0.15) is 11.8 Å². The molecule has 7 nitrogen and oxygen atoms in total. The molecular formula is C21H17F3N4O3. The van der Waals surface area contributed by atoms with Crippen LogP contribution in [0.1, 0.15) is 36.7 Å². The van der Waals surface area contributed by atoms with Gasteiger partial charge in [-0.2, -0.15) is 18.4 Å². The lowest BCUT2D eigenvalue weighted by atomic mass is 9.95. The van der Waals surface area contributed by atoms with Gasteiger partial charge in [0, 0.05) is 11.9 Å². The number of rotatable bonds is 4. The lowest BCUT2D eigenvalue weighted by Gasteiger charge is -2.35. The SMILES string of the molecule is CCOC(=O)C1=C(C)N(c2cccc(C(F)(F)F)c2)C(=O)NC1c1ccc(C#N)nc1. The number of allylic oxidation sites excluding steroid dienone is 1. The van der Waals surface area contributed by atoms with E-state index >= 15 is 0 Å². The molecule has 0 spiro atoms. The van der Waals surface area contributed by atoms with E-state index in [1.165, 1.54) is 37.4 Å². The van der Waals surface area contributed by atoms with Crippen LogP contribution in [-0.2, 0) is 15.7 Å². The van der Waals surface area contributed by atoms with Crippen LogP contribution < -0.4 is 10.2 Å². The lowest BCUT2D eigenvalue weighted by molar-refractivity contribution is -0.139. The Kier molecular flexibility index (Phi) is 5.97. The average Bonchev–Trinajstić information content (AvgIpc) is 2.73. The third-order valence-electron chi connectivity index (χ3n) is 4.65. The van der Waals surface area contributed by atoms with E-state index in [1.54, 1.807) is 6.92 Å². The van der Waals surface area contributed by atoms with Gasteiger partial charge in [0.15, 0.2) is 0 Å². The topological polar surface area (TPSA) is 95.3 Å². The number of benzene rings is 1. The Balaban J connectivity index is 2.13. The van der Waals surface area contributed by atoms with Gasteiger partial charge in [-0.1, -0.05) is 12.1 Å². The van der Waals surface area contributed by atoms with Crippen molar-refractivity contribution in [2.75, 3.05) is 11.5 Å². The van der Waals surface area contributed by atoms with E-state index in [-0.39, 0.29) is 29.3 Å². The summed E-state index contributed by atoms with van der Waals surface area (Å²) in [4.78, 5) is 30.5. The first-order chi connectivity index (χ1) is 14.7. The molecule has 1 unspecified atom stereocenters. The summed E-state index contributed by atoms with van der Waals surface area (Å²) >= 11 is 0. The molecule has 3 rings (SSSR count). The fraction of sp³-hybridized carbons (Fsp3) is 0.238. The van der Waals surface area contributed by atoms with Gasteiger partial charge in [-0.05, 0) is 43.7 Å². The van der Waals surface area contributed by atoms with Crippen LogP contribution in [0.25, 0.3) is 0 Å². The first-order valence-corrected chi connectivity index (χ1v) is 9.19. The minimum Gasteiger partial charge on any atom is -0.463 e. The zero-order valence-electron chi connectivity index (χ0n) is 16.5. The molecule has 1 aliphatic heterocycles. The predicted octanol–water partition coefficient (Wildman–Crippen LogP) is 4.08. The highest BCUT2D eigenvalue weighted by atomic mass is 19.4. The van der Waals surface area contributed by atoms with Crippen molar-refractivity contribution in [3.63, 3.8) is 0 Å². The van der Waals surface area contributed by atoms with Crippen LogP contribution in [-0.4, -0.2) is 23.6 Å². The molecule has 1 aromatic carbocycles. The number of nitrogens with one attached hydrogen (secondary N) is 1. The molecule has 2 heterocycles. The van der Waals surface area contributed by atoms with Crippen molar-refractivity contribution < 1.29 is 27.5 Å². The Labute approximate surface area is 175 Å². The minimum absolute atomic E-state index is 0.0466. The zero-order valence-corrected chi connectivity index (χ0v) is 16.5. The molecule has 0 radical (unpaired) electrons. The number of urea groups is 1. The van der Waals surface area contributed by atoms with Gasteiger partial charge in [0.25, 0.3) is 0 Å². The Morgan fingerprint density at radius 2 is 2.06 bits per heavy atom. The molecular weight excluding hydrogens is 413 g/mol. The van der Waals surface area contributed by atoms with Crippen LogP contribution >= 0.6 is 0 Å². The molecule has 10 heteroatoms. The Morgan fingerprint density at radius 3 is 2.65 bits per heavy atom. The molecule has 1 N–H and O–H groups in total. The van der Waals surface area contributed by atoms with Crippen molar-refractivity contribution in [1.82, 2.24) is 10.3 Å². The molecule has 2 aromatic rings. The molecule has 0 fully saturated rings. The van der Waals surface area contributed by atoms with E-state index in [1.807, 2.05) is 6.07 Å². The highest BCUT2D eigenvalue weighted by molar-refractivity contribution is 6.03. The number of carbonyl (C=O) groups excluding carboxylic acids is 2. The number of esters is 1. The second-order valence-corrected chi connectivity index (χ2v) is 6.57. The number of hydrogen-bond donors (Lipinski definition) is 1. The summed E-state index contributed by atoms with van der Waals surface area (Å²) < 4.78 is 44.6. The van der Waals surface area contributed by atoms with Gasteiger partial charge in [-0.25, -0.2) is 14.6 Å². The van der Waals surface area contributed by atoms with E-state index < -0.39 is 29.8 Å². The number of ether oxygens (including phenoxy) is 1. The van der Waals surface area contributed by atoms with E-state index in [9.17, 15) is 22.8 Å². The number of carbonyl (C=O) groups is 2. The van der Waals surface area contributed by atoms with Crippen molar-refractivity contribution in [3.05, 3.63) is 70.7 Å². The molecule has 31 heavy (non-hydrogen) atoms. The van der Waals surface area contributed by atoms with Gasteiger partial charge >= 0.3 is 18.2 Å². The van der Waals surface area contributed by atoms with E-state index in [4.69, 9.17) is 10.00 Å². The van der Waals surface area contributed by atoms with Crippen molar-refractivity contribution in [3.8, 4) is 6.07 Å². The highest BCUT2D eigenvalue weighted by Gasteiger charge is 2.38. The third-order valence-corrected chi connectivity index (χ3v) is 4.65. The first kappa shape index (κ1) is 21.8. The van der Waals surface area contributed by atoms with Gasteiger partial charge in [-0.15, -0.1) is 0 Å². The second-order valence-electron chi connectivity index (χ2n) is 6.57. The molecule has 0 saturated carbocycles. The minimum atomic E-state index is -4.60. The van der Waals surface area contributed by atoms with Gasteiger partial charge < -0.3 is 10.1 Å². The maximum atomic E-state index is 13.1. The zero-order chi connectivity index (χ0) is 22.8. The largest absolute Gasteiger partial charge is 0.463 e. The first-order valence-electron chi connectivity index (χ1n) is 9.19. The van der Waals surface area contributed by atoms with Crippen molar-refractivity contribution in [2.24, 2.45) is 0 Å². The second kappa shape index (κ2) is 8.47. The number of pyridine rings is 1. The molecule has 2 amide bonds. The van der Waals surface area contributed by atoms with Crippen molar-refractivity contribution >= 4 is 17.7 Å². The summed E-state index contributed by atoms with van der Waals surface area (Å²) in [5, 5.41) is 11.5. The number of halogens is 3. The normalized spacial score (nSPS) is 16.6. The van der Waals surface area contributed by atoms with Gasteiger partial charge in [0.2, 0.25) is 0 Å². The number of hydrogen-bond acceptors (Lipinski definition) is 5. The summed E-state index contributed by atoms with van der Waals surface area (Å²) in [5.74, 6) is -0.730. The Hall–Kier alpha value is -3.87. The number of nitrogens with zero attached hydrogens (tertiary/aromatic N) is 3. The number of alkyl halides is 3. The third kappa shape index (κ3) is 4.35. The molecule has 1 atom stereocenters. The fourth-order valence-corrected chi connectivity index (χ4v) is 3.24. The molecule has 0 saturated heterocycles. The van der Waals surface area contributed by atoms with E-state index in [2.05, 4.69) is 10.3 Å². The Morgan fingerprint density at radius 1 is 1.32 bits per heavy atom. The molecule has 0 bridgehead atoms. The molecule has 160 valence electrons. The highest BCUT2D eigenvalue weighted by Crippen LogP contribution is 2.36. The van der Waals surface area contributed by atoms with E-state index in [0.29, 0.717) is 5.56 Å². The number of aromatic nitrogens is 1. The van der Waals surface area contributed by atoms with Crippen LogP contribution in [0, 0.1) is 11.3 Å². The lowest BCUT2D eigenvalue weighted by Crippen LogP contribution is -2.48. The summed E-state index contributed by atoms with van der Waals surface area (Å²) in [6.45, 7) is 3.12. The van der Waals surface area contributed by atoms with Crippen LogP contribution in [0.2, 0.25) is 0 Å². The smallest absolute Gasteiger partial charge is 0.416 e. The standard InChI is InChI=1S/C21H17F3N4O3/c1-3-31-19(29)17-12(2)28(16-6-4-5-14(9-16)21(22,23)24)20(30)27-18(17)13-7-8-15(10-25)26-11-13/h4-9,11,18H,3H2,1-2H3,(H,27,30). The van der Waals surface area contributed by atoms with Gasteiger partial charge in [-0.3, -0.25) is 4.90 Å². The van der Waals surface area contributed by atoms with Crippen LogP contribution in [0.15, 0.2) is 53.9 Å². The summed E-state index contributed by atoms with van der Waals surface area (Å²) in [6.07, 6.45) is -3.25. The van der Waals surface area contributed by atoms with Crippen LogP contribution in [0.4, 0.5) is 23.7 Å². The maximum Gasteiger partial charge on any atom is 0.416 e. The maximum absolute atomic E-state index is 13.1. The van der Waals surface area contributed by atoms with Crippen LogP contribution in [0.5, 0.6) is 0 Å². The molecule has 1 aromatic heterocycles. The number of nitriles is 1. The molecule has 0 aliphatic carbocycles. The monoisotopic (exact) mass is 430 g/mol. The predicted molar refractivity (Wildman–Crippen MR) is 103 cm³/mol. The van der Waals surface area contributed by atoms with Crippen molar-refractivity contribution in [2.45, 2.75) is 26.1 Å². The van der Waals surface area contributed by atoms with E-state index in [0.717, 1.165) is 17.0 Å². The van der Waals surface area contributed by atoms with Crippen LogP contribution in [0.3, 0.4) is 0 Å². The summed E-state index contributed by atoms with van der Waals surface area (Å²) in [6, 6.07) is 7.40. The van der Waals surface area contributed by atoms with Gasteiger partial charge in [0.05, 0.1) is 29.5 Å². The summed E-state index contributed by atoms with van der Waals surface area (Å²) in [5.41, 5.74) is -0.251. The number of amides is 2. The quantitative estimate of drug-likeness (QED) is 0.738. The Bertz CT molecular complexity index is 1090. The molecule has 1 aliphatic rings. The summed E-state index contributed by atoms with van der Waals surface area (Å²) in [7, 11) is 0. The van der Waals surface area contributed by atoms with Crippen molar-refractivity contribution in [1.29, 1.82) is 5.26 Å². The fourth-order valence-electron chi connectivity index (χ4n) is 3.24. The number of anilines is 1.